The minimum Gasteiger partial charge on any atom is -0.351 e. The molecule has 0 radical (unpaired) electrons. The fourth-order valence-electron chi connectivity index (χ4n) is 1.49. The van der Waals surface area contributed by atoms with Gasteiger partial charge in [-0.15, -0.1) is 0 Å². The van der Waals surface area contributed by atoms with Gasteiger partial charge in [-0.1, -0.05) is 0 Å². The van der Waals surface area contributed by atoms with Crippen molar-refractivity contribution in [3.05, 3.63) is 22.4 Å². The maximum Gasteiger partial charge on any atom is 0.389 e. The molecule has 1 N–H and O–H groups in total. The summed E-state index contributed by atoms with van der Waals surface area (Å²) in [6.45, 7) is 0.248. The monoisotopic (exact) mass is 326 g/mol. The summed E-state index contributed by atoms with van der Waals surface area (Å²) in [5.74, 6) is -0.282. The molecule has 3 nitrogen and oxygen atoms in total. The number of halogens is 4. The summed E-state index contributed by atoms with van der Waals surface area (Å²) in [6.07, 6.45) is -2.85. The molecule has 1 aromatic heterocycles. The standard InChI is InChI=1S/C11H14BrF3N2O/c1-17-7-8(12)6-9(17)10(18)16-5-3-2-4-11(13,14)15/h6-7H,2-5H2,1H3,(H,16,18). The molecule has 0 spiro atoms. The Labute approximate surface area is 111 Å². The van der Waals surface area contributed by atoms with Gasteiger partial charge in [0, 0.05) is 30.7 Å². The number of aryl methyl sites for hydroxylation is 1. The topological polar surface area (TPSA) is 34.0 Å². The van der Waals surface area contributed by atoms with Crippen LogP contribution in [0.4, 0.5) is 13.2 Å². The molecule has 0 atom stereocenters. The van der Waals surface area contributed by atoms with Crippen LogP contribution in [0.15, 0.2) is 16.7 Å². The fraction of sp³-hybridized carbons (Fsp3) is 0.545. The lowest BCUT2D eigenvalue weighted by Crippen LogP contribution is -2.26. The van der Waals surface area contributed by atoms with Gasteiger partial charge in [0.25, 0.3) is 5.91 Å². The summed E-state index contributed by atoms with van der Waals surface area (Å²) < 4.78 is 38.0. The van der Waals surface area contributed by atoms with Crippen LogP contribution in [0.3, 0.4) is 0 Å². The number of nitrogens with zero attached hydrogens (tertiary/aromatic N) is 1. The number of aromatic nitrogens is 1. The Bertz CT molecular complexity index is 415. The van der Waals surface area contributed by atoms with E-state index in [0.717, 1.165) is 4.47 Å². The fourth-order valence-corrected chi connectivity index (χ4v) is 2.02. The van der Waals surface area contributed by atoms with Crippen LogP contribution in [0, 0.1) is 0 Å². The van der Waals surface area contributed by atoms with Gasteiger partial charge in [0.15, 0.2) is 0 Å². The van der Waals surface area contributed by atoms with E-state index in [0.29, 0.717) is 12.1 Å². The molecule has 0 saturated heterocycles. The van der Waals surface area contributed by atoms with E-state index in [2.05, 4.69) is 21.2 Å². The molecule has 0 fully saturated rings. The van der Waals surface area contributed by atoms with Crippen LogP contribution >= 0.6 is 15.9 Å². The molecule has 1 aromatic rings. The molecule has 0 aliphatic rings. The molecule has 0 saturated carbocycles. The van der Waals surface area contributed by atoms with E-state index < -0.39 is 12.6 Å². The molecule has 1 heterocycles. The smallest absolute Gasteiger partial charge is 0.351 e. The number of alkyl halides is 3. The second-order valence-electron chi connectivity index (χ2n) is 3.98. The van der Waals surface area contributed by atoms with Crippen LogP contribution in [0.2, 0.25) is 0 Å². The van der Waals surface area contributed by atoms with Gasteiger partial charge in [0.2, 0.25) is 0 Å². The third-order valence-electron chi connectivity index (χ3n) is 2.38. The van der Waals surface area contributed by atoms with Crippen molar-refractivity contribution in [1.82, 2.24) is 9.88 Å². The van der Waals surface area contributed by atoms with Crippen LogP contribution in [0.25, 0.3) is 0 Å². The predicted molar refractivity (Wildman–Crippen MR) is 65.4 cm³/mol. The molecule has 0 aromatic carbocycles. The number of rotatable bonds is 5. The minimum atomic E-state index is -4.12. The minimum absolute atomic E-state index is 0.0284. The zero-order valence-electron chi connectivity index (χ0n) is 9.85. The van der Waals surface area contributed by atoms with Crippen molar-refractivity contribution in [2.45, 2.75) is 25.4 Å². The first-order valence-electron chi connectivity index (χ1n) is 5.46. The lowest BCUT2D eigenvalue weighted by Gasteiger charge is -2.07. The van der Waals surface area contributed by atoms with Crippen LogP contribution < -0.4 is 5.32 Å². The van der Waals surface area contributed by atoms with Gasteiger partial charge in [-0.25, -0.2) is 0 Å². The van der Waals surface area contributed by atoms with Gasteiger partial charge >= 0.3 is 6.18 Å². The number of carbonyl (C=O) groups excluding carboxylic acids is 1. The highest BCUT2D eigenvalue weighted by molar-refractivity contribution is 9.10. The van der Waals surface area contributed by atoms with Crippen molar-refractivity contribution >= 4 is 21.8 Å². The average molecular weight is 327 g/mol. The molecule has 18 heavy (non-hydrogen) atoms. The Kier molecular flexibility index (Phi) is 5.25. The highest BCUT2D eigenvalue weighted by Gasteiger charge is 2.25. The first kappa shape index (κ1) is 15.1. The molecular formula is C11H14BrF3N2O. The molecule has 0 aliphatic heterocycles. The summed E-state index contributed by atoms with van der Waals surface area (Å²) in [5, 5.41) is 2.59. The lowest BCUT2D eigenvalue weighted by molar-refractivity contribution is -0.135. The molecule has 102 valence electrons. The van der Waals surface area contributed by atoms with E-state index in [1.54, 1.807) is 23.9 Å². The van der Waals surface area contributed by atoms with Crippen LogP contribution in [0.5, 0.6) is 0 Å². The first-order chi connectivity index (χ1) is 8.29. The zero-order valence-corrected chi connectivity index (χ0v) is 11.4. The normalized spacial score (nSPS) is 11.6. The summed E-state index contributed by atoms with van der Waals surface area (Å²) in [4.78, 5) is 11.7. The van der Waals surface area contributed by atoms with Gasteiger partial charge in [-0.3, -0.25) is 4.79 Å². The second kappa shape index (κ2) is 6.26. The lowest BCUT2D eigenvalue weighted by atomic mass is 10.2. The number of nitrogens with one attached hydrogen (secondary N) is 1. The van der Waals surface area contributed by atoms with E-state index in [-0.39, 0.29) is 18.9 Å². The Morgan fingerprint density at radius 1 is 1.44 bits per heavy atom. The second-order valence-corrected chi connectivity index (χ2v) is 4.90. The number of hydrogen-bond donors (Lipinski definition) is 1. The molecule has 0 bridgehead atoms. The molecule has 1 amide bonds. The van der Waals surface area contributed by atoms with Crippen molar-refractivity contribution in [3.63, 3.8) is 0 Å². The first-order valence-corrected chi connectivity index (χ1v) is 6.26. The molecular weight excluding hydrogens is 313 g/mol. The Balaban J connectivity index is 2.28. The molecule has 0 aliphatic carbocycles. The summed E-state index contributed by atoms with van der Waals surface area (Å²) in [7, 11) is 1.73. The maximum atomic E-state index is 11.9. The van der Waals surface area contributed by atoms with Gasteiger partial charge < -0.3 is 9.88 Å². The van der Waals surface area contributed by atoms with Gasteiger partial charge in [-0.05, 0) is 34.8 Å². The number of carbonyl (C=O) groups is 1. The van der Waals surface area contributed by atoms with E-state index in [9.17, 15) is 18.0 Å². The van der Waals surface area contributed by atoms with Gasteiger partial charge in [0.1, 0.15) is 5.69 Å². The van der Waals surface area contributed by atoms with Crippen molar-refractivity contribution < 1.29 is 18.0 Å². The number of amides is 1. The highest BCUT2D eigenvalue weighted by Crippen LogP contribution is 2.21. The highest BCUT2D eigenvalue weighted by atomic mass is 79.9. The summed E-state index contributed by atoms with van der Waals surface area (Å²) in [6, 6.07) is 1.66. The van der Waals surface area contributed by atoms with Crippen molar-refractivity contribution in [2.75, 3.05) is 6.54 Å². The van der Waals surface area contributed by atoms with Crippen LogP contribution in [0.1, 0.15) is 29.8 Å². The quantitative estimate of drug-likeness (QED) is 0.828. The van der Waals surface area contributed by atoms with E-state index in [1.165, 1.54) is 0 Å². The molecule has 0 unspecified atom stereocenters. The number of hydrogen-bond acceptors (Lipinski definition) is 1. The Morgan fingerprint density at radius 3 is 2.61 bits per heavy atom. The SMILES string of the molecule is Cn1cc(Br)cc1C(=O)NCCCCC(F)(F)F. The largest absolute Gasteiger partial charge is 0.389 e. The van der Waals surface area contributed by atoms with E-state index >= 15 is 0 Å². The van der Waals surface area contributed by atoms with Crippen LogP contribution in [-0.2, 0) is 7.05 Å². The van der Waals surface area contributed by atoms with Crippen molar-refractivity contribution in [2.24, 2.45) is 7.05 Å². The van der Waals surface area contributed by atoms with Crippen molar-refractivity contribution in [1.29, 1.82) is 0 Å². The molecule has 7 heteroatoms. The Morgan fingerprint density at radius 2 is 2.11 bits per heavy atom. The van der Waals surface area contributed by atoms with Crippen LogP contribution in [-0.4, -0.2) is 23.2 Å². The van der Waals surface area contributed by atoms with E-state index in [1.807, 2.05) is 0 Å². The maximum absolute atomic E-state index is 11.9. The summed E-state index contributed by atoms with van der Waals surface area (Å²) >= 11 is 3.24. The van der Waals surface area contributed by atoms with Gasteiger partial charge in [0.05, 0.1) is 0 Å². The zero-order chi connectivity index (χ0) is 13.8. The van der Waals surface area contributed by atoms with Crippen molar-refractivity contribution in [3.8, 4) is 0 Å². The summed E-state index contributed by atoms with van der Waals surface area (Å²) in [5.41, 5.74) is 0.470. The average Bonchev–Trinajstić information content (AvgIpc) is 2.55. The number of unbranched alkanes of at least 4 members (excludes halogenated alkanes) is 1. The van der Waals surface area contributed by atoms with Gasteiger partial charge in [-0.2, -0.15) is 13.2 Å². The predicted octanol–water partition coefficient (Wildman–Crippen LogP) is 3.25. The Hall–Kier alpha value is -0.980. The molecule has 1 rings (SSSR count). The van der Waals surface area contributed by atoms with E-state index in [4.69, 9.17) is 0 Å². The third-order valence-corrected chi connectivity index (χ3v) is 2.81. The third kappa shape index (κ3) is 5.12.